The Morgan fingerprint density at radius 3 is 2.87 bits per heavy atom. The fraction of sp³-hybridized carbons (Fsp3) is 0.560. The molecule has 30 heavy (non-hydrogen) atoms. The Balaban J connectivity index is 1.17. The normalized spacial score (nSPS) is 33.8. The molecule has 2 heterocycles. The van der Waals surface area contributed by atoms with Crippen LogP contribution in [0.25, 0.3) is 0 Å². The van der Waals surface area contributed by atoms with E-state index in [1.165, 1.54) is 47.3 Å². The van der Waals surface area contributed by atoms with Gasteiger partial charge in [-0.3, -0.25) is 9.88 Å². The molecule has 0 spiro atoms. The van der Waals surface area contributed by atoms with Crippen LogP contribution in [0, 0.1) is 0 Å². The van der Waals surface area contributed by atoms with Gasteiger partial charge in [0.1, 0.15) is 0 Å². The summed E-state index contributed by atoms with van der Waals surface area (Å²) in [6, 6.07) is 12.0. The second-order valence-electron chi connectivity index (χ2n) is 10.4. The number of rotatable bonds is 5. The molecule has 1 aromatic heterocycles. The van der Waals surface area contributed by atoms with Crippen LogP contribution in [0.15, 0.2) is 36.5 Å². The molecule has 3 fully saturated rings. The van der Waals surface area contributed by atoms with Crippen molar-refractivity contribution in [1.82, 2.24) is 15.2 Å². The minimum atomic E-state index is 0.138. The van der Waals surface area contributed by atoms with E-state index in [0.717, 1.165) is 38.8 Å². The molecule has 1 aromatic carbocycles. The van der Waals surface area contributed by atoms with E-state index in [1.807, 2.05) is 6.20 Å². The highest BCUT2D eigenvalue weighted by Crippen LogP contribution is 2.60. The second-order valence-corrected chi connectivity index (χ2v) is 10.4. The minimum Gasteiger partial charge on any atom is -0.379 e. The van der Waals surface area contributed by atoms with Gasteiger partial charge in [0.25, 0.3) is 0 Å². The highest BCUT2D eigenvalue weighted by molar-refractivity contribution is 5.59. The zero-order chi connectivity index (χ0) is 20.3. The summed E-state index contributed by atoms with van der Waals surface area (Å²) in [5, 5.41) is 7.69. The first kappa shape index (κ1) is 18.8. The van der Waals surface area contributed by atoms with E-state index >= 15 is 0 Å². The maximum Gasteiger partial charge on any atom is 0.0607 e. The molecule has 0 unspecified atom stereocenters. The first-order chi connectivity index (χ1) is 14.5. The van der Waals surface area contributed by atoms with Gasteiger partial charge in [-0.2, -0.15) is 0 Å². The van der Waals surface area contributed by atoms with Crippen LogP contribution in [-0.4, -0.2) is 40.6 Å². The number of nitrogens with one attached hydrogen (secondary N) is 2. The molecular formula is C25H33N5. The first-order valence-electron chi connectivity index (χ1n) is 11.6. The van der Waals surface area contributed by atoms with Crippen LogP contribution in [0.5, 0.6) is 0 Å². The molecule has 7 rings (SSSR count). The summed E-state index contributed by atoms with van der Waals surface area (Å²) in [5.74, 6) is 0. The van der Waals surface area contributed by atoms with Crippen LogP contribution in [0.3, 0.4) is 0 Å². The number of benzene rings is 1. The van der Waals surface area contributed by atoms with Gasteiger partial charge in [0.15, 0.2) is 0 Å². The van der Waals surface area contributed by atoms with Gasteiger partial charge in [-0.05, 0) is 80.8 Å². The average Bonchev–Trinajstić information content (AvgIpc) is 2.71. The fourth-order valence-corrected chi connectivity index (χ4v) is 6.63. The molecule has 2 bridgehead atoms. The second kappa shape index (κ2) is 6.78. The SMILES string of the molecule is CN(C[C@H]1Cc2c(cccc2NC23CC(N)(C2)C3)CN1)[C@H]1CCCc2cccnc21. The standard InChI is InChI=1S/C25H33N5/c1-30(22-9-3-5-17-7-4-10-27-23(17)22)13-19-11-20-18(12-28-19)6-2-8-21(20)29-25-14-24(26,15-25)16-25/h2,4,6-8,10,19,22,28-29H,3,5,9,11-16,26H2,1H3/t19-,22+,24?,25?/m1/s1. The molecule has 158 valence electrons. The lowest BCUT2D eigenvalue weighted by Gasteiger charge is -2.69. The summed E-state index contributed by atoms with van der Waals surface area (Å²) in [6.07, 6.45) is 10.0. The van der Waals surface area contributed by atoms with Gasteiger partial charge in [-0.1, -0.05) is 18.2 Å². The number of hydrogen-bond acceptors (Lipinski definition) is 5. The molecule has 5 nitrogen and oxygen atoms in total. The third-order valence-corrected chi connectivity index (χ3v) is 7.98. The van der Waals surface area contributed by atoms with E-state index in [-0.39, 0.29) is 11.1 Å². The molecule has 0 saturated heterocycles. The lowest BCUT2D eigenvalue weighted by Crippen LogP contribution is -2.79. The fourth-order valence-electron chi connectivity index (χ4n) is 6.63. The number of hydrogen-bond donors (Lipinski definition) is 3. The number of pyridine rings is 1. The van der Waals surface area contributed by atoms with Crippen molar-refractivity contribution >= 4 is 5.69 Å². The number of anilines is 1. The summed E-state index contributed by atoms with van der Waals surface area (Å²) in [4.78, 5) is 7.28. The van der Waals surface area contributed by atoms with Gasteiger partial charge in [0.05, 0.1) is 11.7 Å². The van der Waals surface area contributed by atoms with E-state index in [9.17, 15) is 0 Å². The van der Waals surface area contributed by atoms with Gasteiger partial charge in [0.2, 0.25) is 0 Å². The van der Waals surface area contributed by atoms with Crippen LogP contribution in [0.2, 0.25) is 0 Å². The Labute approximate surface area is 179 Å². The number of likely N-dealkylation sites (N-methyl/N-ethyl adjacent to an activating group) is 1. The Bertz CT molecular complexity index is 950. The van der Waals surface area contributed by atoms with E-state index < -0.39 is 0 Å². The summed E-state index contributed by atoms with van der Waals surface area (Å²) in [7, 11) is 2.28. The third-order valence-electron chi connectivity index (χ3n) is 7.98. The molecule has 2 atom stereocenters. The number of aromatic nitrogens is 1. The lowest BCUT2D eigenvalue weighted by atomic mass is 9.44. The highest BCUT2D eigenvalue weighted by Gasteiger charge is 2.66. The number of fused-ring (bicyclic) bond motifs is 2. The van der Waals surface area contributed by atoms with Crippen molar-refractivity contribution in [3.05, 3.63) is 58.9 Å². The molecule has 0 radical (unpaired) electrons. The van der Waals surface area contributed by atoms with Crippen LogP contribution in [0.1, 0.15) is 60.5 Å². The molecular weight excluding hydrogens is 370 g/mol. The van der Waals surface area contributed by atoms with Crippen molar-refractivity contribution in [2.75, 3.05) is 18.9 Å². The number of aryl methyl sites for hydroxylation is 1. The topological polar surface area (TPSA) is 66.2 Å². The van der Waals surface area contributed by atoms with Gasteiger partial charge in [-0.15, -0.1) is 0 Å². The Hall–Kier alpha value is -1.95. The quantitative estimate of drug-likeness (QED) is 0.716. The zero-order valence-electron chi connectivity index (χ0n) is 18.0. The van der Waals surface area contributed by atoms with Crippen LogP contribution < -0.4 is 16.4 Å². The van der Waals surface area contributed by atoms with E-state index in [2.05, 4.69) is 52.9 Å². The Morgan fingerprint density at radius 1 is 1.20 bits per heavy atom. The Morgan fingerprint density at radius 2 is 2.03 bits per heavy atom. The molecule has 4 aliphatic carbocycles. The molecule has 1 aliphatic heterocycles. The van der Waals surface area contributed by atoms with Crippen molar-refractivity contribution < 1.29 is 0 Å². The maximum atomic E-state index is 6.29. The minimum absolute atomic E-state index is 0.138. The molecule has 5 aliphatic rings. The van der Waals surface area contributed by atoms with E-state index in [4.69, 9.17) is 10.7 Å². The van der Waals surface area contributed by atoms with Crippen LogP contribution in [0.4, 0.5) is 5.69 Å². The lowest BCUT2D eigenvalue weighted by molar-refractivity contribution is -0.0318. The summed E-state index contributed by atoms with van der Waals surface area (Å²) < 4.78 is 0. The van der Waals surface area contributed by atoms with Crippen molar-refractivity contribution in [1.29, 1.82) is 0 Å². The molecule has 3 saturated carbocycles. The third kappa shape index (κ3) is 3.06. The molecule has 2 aromatic rings. The first-order valence-corrected chi connectivity index (χ1v) is 11.6. The van der Waals surface area contributed by atoms with Gasteiger partial charge in [-0.25, -0.2) is 0 Å². The summed E-state index contributed by atoms with van der Waals surface area (Å²) >= 11 is 0. The monoisotopic (exact) mass is 403 g/mol. The number of nitrogens with zero attached hydrogens (tertiary/aromatic N) is 2. The van der Waals surface area contributed by atoms with Crippen molar-refractivity contribution in [3.63, 3.8) is 0 Å². The predicted molar refractivity (Wildman–Crippen MR) is 120 cm³/mol. The van der Waals surface area contributed by atoms with Gasteiger partial charge >= 0.3 is 0 Å². The average molecular weight is 404 g/mol. The van der Waals surface area contributed by atoms with Crippen LogP contribution in [-0.2, 0) is 19.4 Å². The summed E-state index contributed by atoms with van der Waals surface area (Å²) in [6.45, 7) is 2.00. The molecule has 5 heteroatoms. The molecule has 0 amide bonds. The smallest absolute Gasteiger partial charge is 0.0607 e. The van der Waals surface area contributed by atoms with Crippen LogP contribution >= 0.6 is 0 Å². The predicted octanol–water partition coefficient (Wildman–Crippen LogP) is 3.15. The van der Waals surface area contributed by atoms with E-state index in [0.29, 0.717) is 12.1 Å². The molecule has 4 N–H and O–H groups in total. The maximum absolute atomic E-state index is 6.29. The summed E-state index contributed by atoms with van der Waals surface area (Å²) in [5.41, 5.74) is 13.7. The van der Waals surface area contributed by atoms with Crippen molar-refractivity contribution in [2.24, 2.45) is 5.73 Å². The van der Waals surface area contributed by atoms with Crippen molar-refractivity contribution in [3.8, 4) is 0 Å². The van der Waals surface area contributed by atoms with E-state index in [1.54, 1.807) is 0 Å². The number of nitrogens with two attached hydrogens (primary N) is 1. The van der Waals surface area contributed by atoms with Gasteiger partial charge in [0, 0.05) is 42.1 Å². The van der Waals surface area contributed by atoms with Crippen molar-refractivity contribution in [2.45, 2.75) is 74.7 Å². The highest BCUT2D eigenvalue weighted by atomic mass is 15.2. The largest absolute Gasteiger partial charge is 0.379 e. The zero-order valence-corrected chi connectivity index (χ0v) is 18.0. The Kier molecular flexibility index (Phi) is 4.24. The van der Waals surface area contributed by atoms with Gasteiger partial charge < -0.3 is 16.4 Å².